The summed E-state index contributed by atoms with van der Waals surface area (Å²) in [5.41, 5.74) is 3.20. The standard InChI is InChI=1S/C23H33N5OS/c1-4-8-19(9-6-7-13-27-14-16-29-17-15-27)22-25-18-21(28(22)12-5-2)20-10-11-24-23(26-20)30-3/h5,8,10-12,18H,4,6-7,9,13-17H2,1-3H3. The summed E-state index contributed by atoms with van der Waals surface area (Å²) in [7, 11) is 0. The van der Waals surface area contributed by atoms with E-state index in [-0.39, 0.29) is 0 Å². The third-order valence-corrected chi connectivity index (χ3v) is 5.75. The topological polar surface area (TPSA) is 56.1 Å². The molecule has 0 aliphatic carbocycles. The number of aromatic nitrogens is 4. The predicted molar refractivity (Wildman–Crippen MR) is 125 cm³/mol. The maximum atomic E-state index is 5.44. The van der Waals surface area contributed by atoms with E-state index in [9.17, 15) is 0 Å². The second-order valence-corrected chi connectivity index (χ2v) is 8.07. The second-order valence-electron chi connectivity index (χ2n) is 7.30. The van der Waals surface area contributed by atoms with Crippen molar-refractivity contribution < 1.29 is 4.74 Å². The van der Waals surface area contributed by atoms with Crippen LogP contribution in [0.5, 0.6) is 0 Å². The Balaban J connectivity index is 1.75. The Morgan fingerprint density at radius 3 is 2.80 bits per heavy atom. The third-order valence-electron chi connectivity index (χ3n) is 5.19. The first-order valence-corrected chi connectivity index (χ1v) is 12.1. The molecule has 0 saturated carbocycles. The van der Waals surface area contributed by atoms with E-state index >= 15 is 0 Å². The zero-order chi connectivity index (χ0) is 21.2. The molecule has 0 atom stereocenters. The molecule has 0 amide bonds. The Hall–Kier alpha value is -1.96. The first-order valence-electron chi connectivity index (χ1n) is 10.8. The summed E-state index contributed by atoms with van der Waals surface area (Å²) in [5.74, 6) is 1.01. The molecule has 0 unspecified atom stereocenters. The molecule has 0 N–H and O–H groups in total. The van der Waals surface area contributed by atoms with Gasteiger partial charge in [0.1, 0.15) is 5.82 Å². The van der Waals surface area contributed by atoms with Crippen LogP contribution in [0.2, 0.25) is 0 Å². The number of rotatable bonds is 10. The van der Waals surface area contributed by atoms with Crippen LogP contribution in [-0.4, -0.2) is 63.5 Å². The van der Waals surface area contributed by atoms with Gasteiger partial charge < -0.3 is 4.74 Å². The van der Waals surface area contributed by atoms with Crippen molar-refractivity contribution in [3.05, 3.63) is 36.4 Å². The number of imidazole rings is 1. The van der Waals surface area contributed by atoms with Crippen LogP contribution in [0.3, 0.4) is 0 Å². The van der Waals surface area contributed by atoms with E-state index in [1.165, 1.54) is 12.0 Å². The zero-order valence-electron chi connectivity index (χ0n) is 18.4. The van der Waals surface area contributed by atoms with Crippen LogP contribution in [0.15, 0.2) is 35.8 Å². The number of hydrogen-bond donors (Lipinski definition) is 0. The maximum Gasteiger partial charge on any atom is 0.187 e. The van der Waals surface area contributed by atoms with E-state index in [0.29, 0.717) is 0 Å². The molecule has 1 aliphatic rings. The van der Waals surface area contributed by atoms with Gasteiger partial charge in [0.15, 0.2) is 5.16 Å². The van der Waals surface area contributed by atoms with Crippen molar-refractivity contribution in [3.8, 4) is 11.4 Å². The summed E-state index contributed by atoms with van der Waals surface area (Å²) in [4.78, 5) is 16.3. The van der Waals surface area contributed by atoms with Gasteiger partial charge in [0.2, 0.25) is 0 Å². The largest absolute Gasteiger partial charge is 0.379 e. The van der Waals surface area contributed by atoms with Gasteiger partial charge in [0.25, 0.3) is 0 Å². The van der Waals surface area contributed by atoms with Crippen LogP contribution in [0.4, 0.5) is 0 Å². The summed E-state index contributed by atoms with van der Waals surface area (Å²) >= 11 is 1.55. The Morgan fingerprint density at radius 2 is 2.07 bits per heavy atom. The number of ether oxygens (including phenoxy) is 1. The summed E-state index contributed by atoms with van der Waals surface area (Å²) in [6.07, 6.45) is 16.6. The SMILES string of the molecule is CC=Cn1c(-c2ccnc(SC)n2)cnc1C(=CCC)CCCCN1CCOCC1. The van der Waals surface area contributed by atoms with E-state index in [0.717, 1.165) is 74.5 Å². The summed E-state index contributed by atoms with van der Waals surface area (Å²) in [6, 6.07) is 1.95. The lowest BCUT2D eigenvalue weighted by molar-refractivity contribution is 0.0372. The van der Waals surface area contributed by atoms with Gasteiger partial charge in [0.05, 0.1) is 30.8 Å². The van der Waals surface area contributed by atoms with Crippen molar-refractivity contribution in [1.29, 1.82) is 0 Å². The highest BCUT2D eigenvalue weighted by Gasteiger charge is 2.16. The highest BCUT2D eigenvalue weighted by Crippen LogP contribution is 2.27. The molecule has 3 heterocycles. The molecule has 162 valence electrons. The molecule has 0 radical (unpaired) electrons. The number of allylic oxidation sites excluding steroid dienone is 3. The molecule has 7 heteroatoms. The minimum absolute atomic E-state index is 0.773. The molecule has 2 aromatic rings. The molecule has 6 nitrogen and oxygen atoms in total. The molecule has 1 aliphatic heterocycles. The Morgan fingerprint density at radius 1 is 1.23 bits per heavy atom. The van der Waals surface area contributed by atoms with Crippen LogP contribution in [0, 0.1) is 0 Å². The highest BCUT2D eigenvalue weighted by molar-refractivity contribution is 7.98. The van der Waals surface area contributed by atoms with Gasteiger partial charge in [-0.05, 0) is 57.0 Å². The van der Waals surface area contributed by atoms with Gasteiger partial charge in [-0.25, -0.2) is 15.0 Å². The van der Waals surface area contributed by atoms with Crippen molar-refractivity contribution >= 4 is 23.5 Å². The van der Waals surface area contributed by atoms with Gasteiger partial charge in [-0.15, -0.1) is 0 Å². The molecule has 2 aromatic heterocycles. The quantitative estimate of drug-likeness (QED) is 0.307. The molecule has 1 saturated heterocycles. The van der Waals surface area contributed by atoms with Crippen LogP contribution in [-0.2, 0) is 4.74 Å². The zero-order valence-corrected chi connectivity index (χ0v) is 19.2. The minimum Gasteiger partial charge on any atom is -0.379 e. The fourth-order valence-electron chi connectivity index (χ4n) is 3.70. The van der Waals surface area contributed by atoms with E-state index in [2.05, 4.69) is 38.6 Å². The average molecular weight is 428 g/mol. The Kier molecular flexibility index (Phi) is 9.11. The summed E-state index contributed by atoms with van der Waals surface area (Å²) < 4.78 is 7.61. The van der Waals surface area contributed by atoms with E-state index in [1.54, 1.807) is 11.8 Å². The minimum atomic E-state index is 0.773. The lowest BCUT2D eigenvalue weighted by Crippen LogP contribution is -2.36. The lowest BCUT2D eigenvalue weighted by Gasteiger charge is -2.26. The Labute approximate surface area is 184 Å². The first kappa shape index (κ1) is 22.7. The van der Waals surface area contributed by atoms with Crippen LogP contribution >= 0.6 is 11.8 Å². The number of hydrogen-bond acceptors (Lipinski definition) is 6. The van der Waals surface area contributed by atoms with Crippen molar-refractivity contribution in [2.45, 2.75) is 44.7 Å². The third kappa shape index (κ3) is 6.03. The monoisotopic (exact) mass is 427 g/mol. The maximum absolute atomic E-state index is 5.44. The fourth-order valence-corrected chi connectivity index (χ4v) is 4.05. The highest BCUT2D eigenvalue weighted by atomic mass is 32.2. The van der Waals surface area contributed by atoms with Gasteiger partial charge in [0, 0.05) is 25.5 Å². The van der Waals surface area contributed by atoms with Crippen molar-refractivity contribution in [3.63, 3.8) is 0 Å². The predicted octanol–water partition coefficient (Wildman–Crippen LogP) is 4.85. The number of thioether (sulfide) groups is 1. The molecule has 30 heavy (non-hydrogen) atoms. The Bertz CT molecular complexity index is 855. The van der Waals surface area contributed by atoms with Gasteiger partial charge >= 0.3 is 0 Å². The second kappa shape index (κ2) is 12.0. The van der Waals surface area contributed by atoms with Crippen molar-refractivity contribution in [2.75, 3.05) is 39.1 Å². The van der Waals surface area contributed by atoms with E-state index in [4.69, 9.17) is 9.72 Å². The first-order chi connectivity index (χ1) is 14.8. The normalized spacial score (nSPS) is 15.9. The van der Waals surface area contributed by atoms with E-state index in [1.807, 2.05) is 37.7 Å². The summed E-state index contributed by atoms with van der Waals surface area (Å²) in [6.45, 7) is 9.22. The van der Waals surface area contributed by atoms with Gasteiger partial charge in [-0.3, -0.25) is 9.47 Å². The fraction of sp³-hybridized carbons (Fsp3) is 0.522. The van der Waals surface area contributed by atoms with Crippen LogP contribution in [0.25, 0.3) is 23.2 Å². The average Bonchev–Trinajstić information content (AvgIpc) is 3.20. The van der Waals surface area contributed by atoms with Crippen molar-refractivity contribution in [1.82, 2.24) is 24.4 Å². The molecule has 0 bridgehead atoms. The molecular weight excluding hydrogens is 394 g/mol. The number of unbranched alkanes of at least 4 members (excludes halogenated alkanes) is 1. The summed E-state index contributed by atoms with van der Waals surface area (Å²) in [5, 5.41) is 0.773. The molecular formula is C23H33N5OS. The molecule has 3 rings (SSSR count). The van der Waals surface area contributed by atoms with Crippen LogP contribution in [0.1, 0.15) is 45.4 Å². The smallest absolute Gasteiger partial charge is 0.187 e. The van der Waals surface area contributed by atoms with Crippen molar-refractivity contribution in [2.24, 2.45) is 0 Å². The number of morpholine rings is 1. The lowest BCUT2D eigenvalue weighted by atomic mass is 10.1. The van der Waals surface area contributed by atoms with E-state index < -0.39 is 0 Å². The molecule has 1 fully saturated rings. The number of nitrogens with zero attached hydrogens (tertiary/aromatic N) is 5. The van der Waals surface area contributed by atoms with Gasteiger partial charge in [-0.1, -0.05) is 30.8 Å². The van der Waals surface area contributed by atoms with Gasteiger partial charge in [-0.2, -0.15) is 0 Å². The molecule has 0 aromatic carbocycles. The molecule has 0 spiro atoms. The van der Waals surface area contributed by atoms with Crippen LogP contribution < -0.4 is 0 Å².